The Balaban J connectivity index is 2.53. The van der Waals surface area contributed by atoms with E-state index in [0.29, 0.717) is 6.42 Å². The topological polar surface area (TPSA) is 116 Å². The van der Waals surface area contributed by atoms with Crippen LogP contribution in [0.4, 0.5) is 5.69 Å². The molecule has 0 aliphatic rings. The highest BCUT2D eigenvalue weighted by atomic mass is 32.2. The molecule has 21 heavy (non-hydrogen) atoms. The number of hydrogen-bond donors (Lipinski definition) is 1. The number of non-ortho nitro benzene ring substituents is 1. The van der Waals surface area contributed by atoms with Gasteiger partial charge in [-0.2, -0.15) is 0 Å². The zero-order valence-electron chi connectivity index (χ0n) is 11.4. The minimum atomic E-state index is -3.74. The molecular formula is C12H16N2O6S. The van der Waals surface area contributed by atoms with Gasteiger partial charge >= 0.3 is 5.97 Å². The SMILES string of the molecule is CCOC(=O)CCCNS(=O)(=O)c1ccc([N+](=O)[O-])cc1. The quantitative estimate of drug-likeness (QED) is 0.333. The van der Waals surface area contributed by atoms with Gasteiger partial charge in [-0.15, -0.1) is 0 Å². The minimum absolute atomic E-state index is 0.0655. The van der Waals surface area contributed by atoms with E-state index in [1.54, 1.807) is 6.92 Å². The highest BCUT2D eigenvalue weighted by molar-refractivity contribution is 7.89. The van der Waals surface area contributed by atoms with E-state index in [1.807, 2.05) is 0 Å². The van der Waals surface area contributed by atoms with E-state index >= 15 is 0 Å². The number of ether oxygens (including phenoxy) is 1. The van der Waals surface area contributed by atoms with Gasteiger partial charge in [0.15, 0.2) is 0 Å². The molecule has 9 heteroatoms. The van der Waals surface area contributed by atoms with E-state index in [4.69, 9.17) is 4.74 Å². The molecule has 0 aromatic heterocycles. The Morgan fingerprint density at radius 1 is 1.33 bits per heavy atom. The molecule has 0 fully saturated rings. The van der Waals surface area contributed by atoms with Gasteiger partial charge in [-0.1, -0.05) is 0 Å². The van der Waals surface area contributed by atoms with Gasteiger partial charge in [0.1, 0.15) is 0 Å². The first-order valence-corrected chi connectivity index (χ1v) is 7.75. The Hall–Kier alpha value is -2.00. The summed E-state index contributed by atoms with van der Waals surface area (Å²) in [7, 11) is -3.74. The fraction of sp³-hybridized carbons (Fsp3) is 0.417. The summed E-state index contributed by atoms with van der Waals surface area (Å²) in [4.78, 5) is 20.9. The zero-order chi connectivity index (χ0) is 15.9. The summed E-state index contributed by atoms with van der Waals surface area (Å²) in [5.74, 6) is -0.382. The molecule has 0 saturated carbocycles. The van der Waals surface area contributed by atoms with Crippen LogP contribution in [0.25, 0.3) is 0 Å². The average molecular weight is 316 g/mol. The lowest BCUT2D eigenvalue weighted by Crippen LogP contribution is -2.25. The highest BCUT2D eigenvalue weighted by Crippen LogP contribution is 2.15. The van der Waals surface area contributed by atoms with Crippen molar-refractivity contribution < 1.29 is 22.9 Å². The third-order valence-electron chi connectivity index (χ3n) is 2.51. The molecule has 0 bridgehead atoms. The number of nitrogens with one attached hydrogen (secondary N) is 1. The Labute approximate surface area is 122 Å². The molecular weight excluding hydrogens is 300 g/mol. The number of rotatable bonds is 8. The molecule has 0 atom stereocenters. The maximum Gasteiger partial charge on any atom is 0.305 e. The van der Waals surface area contributed by atoms with Crippen molar-refractivity contribution in [3.05, 3.63) is 34.4 Å². The van der Waals surface area contributed by atoms with Crippen LogP contribution in [0.5, 0.6) is 0 Å². The number of carbonyl (C=O) groups excluding carboxylic acids is 1. The number of benzene rings is 1. The monoisotopic (exact) mass is 316 g/mol. The third kappa shape index (κ3) is 5.48. The van der Waals surface area contributed by atoms with Crippen LogP contribution >= 0.6 is 0 Å². The van der Waals surface area contributed by atoms with Crippen molar-refractivity contribution in [2.75, 3.05) is 13.2 Å². The average Bonchev–Trinajstić information content (AvgIpc) is 2.44. The van der Waals surface area contributed by atoms with Gasteiger partial charge in [-0.05, 0) is 25.5 Å². The normalized spacial score (nSPS) is 11.1. The van der Waals surface area contributed by atoms with Crippen LogP contribution in [0.15, 0.2) is 29.2 Å². The molecule has 0 radical (unpaired) electrons. The predicted octanol–water partition coefficient (Wildman–Crippen LogP) is 1.22. The largest absolute Gasteiger partial charge is 0.466 e. The van der Waals surface area contributed by atoms with Crippen LogP contribution in [-0.2, 0) is 19.6 Å². The molecule has 0 saturated heterocycles. The molecule has 1 aromatic rings. The van der Waals surface area contributed by atoms with E-state index in [1.165, 1.54) is 0 Å². The first-order chi connectivity index (χ1) is 9.86. The predicted molar refractivity (Wildman–Crippen MR) is 74.2 cm³/mol. The standard InChI is InChI=1S/C12H16N2O6S/c1-2-20-12(15)4-3-9-13-21(18,19)11-7-5-10(6-8-11)14(16)17/h5-8,13H,2-4,9H2,1H3. The van der Waals surface area contributed by atoms with E-state index in [-0.39, 0.29) is 36.1 Å². The minimum Gasteiger partial charge on any atom is -0.466 e. The molecule has 0 amide bonds. The third-order valence-corrected chi connectivity index (χ3v) is 3.99. The van der Waals surface area contributed by atoms with Crippen molar-refractivity contribution in [2.45, 2.75) is 24.7 Å². The maximum atomic E-state index is 11.9. The van der Waals surface area contributed by atoms with E-state index in [2.05, 4.69) is 4.72 Å². The van der Waals surface area contributed by atoms with Crippen molar-refractivity contribution in [3.8, 4) is 0 Å². The van der Waals surface area contributed by atoms with Crippen molar-refractivity contribution >= 4 is 21.7 Å². The number of hydrogen-bond acceptors (Lipinski definition) is 6. The molecule has 0 spiro atoms. The van der Waals surface area contributed by atoms with E-state index in [9.17, 15) is 23.3 Å². The zero-order valence-corrected chi connectivity index (χ0v) is 12.3. The first-order valence-electron chi connectivity index (χ1n) is 6.26. The second-order valence-corrected chi connectivity index (χ2v) is 5.82. The molecule has 0 unspecified atom stereocenters. The number of nitro benzene ring substituents is 1. The molecule has 1 rings (SSSR count). The molecule has 0 heterocycles. The van der Waals surface area contributed by atoms with Crippen molar-refractivity contribution in [2.24, 2.45) is 0 Å². The maximum absolute atomic E-state index is 11.9. The molecule has 1 aromatic carbocycles. The van der Waals surface area contributed by atoms with Crippen LogP contribution in [0.3, 0.4) is 0 Å². The second-order valence-electron chi connectivity index (χ2n) is 4.06. The van der Waals surface area contributed by atoms with Crippen LogP contribution in [0, 0.1) is 10.1 Å². The number of nitrogens with zero attached hydrogens (tertiary/aromatic N) is 1. The summed E-state index contributed by atoms with van der Waals surface area (Å²) in [6.45, 7) is 2.06. The van der Waals surface area contributed by atoms with Crippen LogP contribution in [-0.4, -0.2) is 32.5 Å². The lowest BCUT2D eigenvalue weighted by molar-refractivity contribution is -0.384. The summed E-state index contributed by atoms with van der Waals surface area (Å²) in [6, 6.07) is 4.55. The Morgan fingerprint density at radius 2 is 1.95 bits per heavy atom. The van der Waals surface area contributed by atoms with Gasteiger partial charge in [-0.25, -0.2) is 13.1 Å². The second kappa shape index (κ2) is 7.70. The number of sulfonamides is 1. The van der Waals surface area contributed by atoms with E-state index in [0.717, 1.165) is 24.3 Å². The summed E-state index contributed by atoms with van der Waals surface area (Å²) >= 11 is 0. The smallest absolute Gasteiger partial charge is 0.305 e. The Morgan fingerprint density at radius 3 is 2.48 bits per heavy atom. The number of nitro groups is 1. The number of carbonyl (C=O) groups is 1. The number of esters is 1. The molecule has 116 valence electrons. The molecule has 1 N–H and O–H groups in total. The molecule has 0 aliphatic carbocycles. The summed E-state index contributed by atoms with van der Waals surface area (Å²) in [5.41, 5.74) is -0.184. The summed E-state index contributed by atoms with van der Waals surface area (Å²) in [5, 5.41) is 10.5. The van der Waals surface area contributed by atoms with Crippen LogP contribution in [0.2, 0.25) is 0 Å². The van der Waals surface area contributed by atoms with Gasteiger partial charge in [0.05, 0.1) is 16.4 Å². The van der Waals surface area contributed by atoms with Gasteiger partial charge < -0.3 is 4.74 Å². The lowest BCUT2D eigenvalue weighted by Gasteiger charge is -2.06. The van der Waals surface area contributed by atoms with Crippen LogP contribution in [0.1, 0.15) is 19.8 Å². The van der Waals surface area contributed by atoms with Gasteiger partial charge in [0.2, 0.25) is 10.0 Å². The van der Waals surface area contributed by atoms with Crippen LogP contribution < -0.4 is 4.72 Å². The van der Waals surface area contributed by atoms with E-state index < -0.39 is 14.9 Å². The molecule has 0 aliphatic heterocycles. The Kier molecular flexibility index (Phi) is 6.25. The van der Waals surface area contributed by atoms with Crippen molar-refractivity contribution in [1.82, 2.24) is 4.72 Å². The van der Waals surface area contributed by atoms with Gasteiger partial charge in [0.25, 0.3) is 5.69 Å². The summed E-state index contributed by atoms with van der Waals surface area (Å²) in [6.07, 6.45) is 0.432. The lowest BCUT2D eigenvalue weighted by atomic mass is 10.3. The fourth-order valence-electron chi connectivity index (χ4n) is 1.50. The van der Waals surface area contributed by atoms with Crippen molar-refractivity contribution in [3.63, 3.8) is 0 Å². The van der Waals surface area contributed by atoms with Gasteiger partial charge in [-0.3, -0.25) is 14.9 Å². The summed E-state index contributed by atoms with van der Waals surface area (Å²) < 4.78 is 30.8. The fourth-order valence-corrected chi connectivity index (χ4v) is 2.58. The molecule has 8 nitrogen and oxygen atoms in total. The van der Waals surface area contributed by atoms with Crippen molar-refractivity contribution in [1.29, 1.82) is 0 Å². The first kappa shape index (κ1) is 17.1. The highest BCUT2D eigenvalue weighted by Gasteiger charge is 2.15. The Bertz CT molecular complexity index is 597. The van der Waals surface area contributed by atoms with Gasteiger partial charge in [0, 0.05) is 25.1 Å².